The van der Waals surface area contributed by atoms with E-state index in [2.05, 4.69) is 25.9 Å². The molecule has 2 aromatic rings. The molecule has 0 bridgehead atoms. The van der Waals surface area contributed by atoms with Gasteiger partial charge in [0.25, 0.3) is 0 Å². The standard InChI is InChI=1S/C14H13BrN2O3/c1-8(2)13-16-7-11(12(17-13)14(18)19)20-10-5-3-4-9(15)6-10/h3-8H,1-2H3,(H,18,19). The molecule has 0 saturated carbocycles. The Morgan fingerprint density at radius 2 is 2.15 bits per heavy atom. The Morgan fingerprint density at radius 3 is 2.75 bits per heavy atom. The topological polar surface area (TPSA) is 72.3 Å². The number of carboxylic acid groups (broad SMARTS) is 1. The van der Waals surface area contributed by atoms with E-state index >= 15 is 0 Å². The van der Waals surface area contributed by atoms with Crippen LogP contribution in [0.4, 0.5) is 0 Å². The van der Waals surface area contributed by atoms with Crippen LogP contribution < -0.4 is 4.74 Å². The van der Waals surface area contributed by atoms with Gasteiger partial charge in [-0.3, -0.25) is 0 Å². The SMILES string of the molecule is CC(C)c1ncc(Oc2cccc(Br)c2)c(C(=O)O)n1. The Labute approximate surface area is 124 Å². The summed E-state index contributed by atoms with van der Waals surface area (Å²) >= 11 is 3.33. The quantitative estimate of drug-likeness (QED) is 0.917. The van der Waals surface area contributed by atoms with Crippen molar-refractivity contribution in [1.29, 1.82) is 0 Å². The van der Waals surface area contributed by atoms with E-state index < -0.39 is 5.97 Å². The molecule has 0 fully saturated rings. The highest BCUT2D eigenvalue weighted by Crippen LogP contribution is 2.26. The summed E-state index contributed by atoms with van der Waals surface area (Å²) in [5.41, 5.74) is -0.135. The lowest BCUT2D eigenvalue weighted by Gasteiger charge is -2.10. The van der Waals surface area contributed by atoms with Crippen molar-refractivity contribution in [2.24, 2.45) is 0 Å². The molecule has 1 aromatic carbocycles. The Balaban J connectivity index is 2.38. The molecule has 0 amide bonds. The lowest BCUT2D eigenvalue weighted by Crippen LogP contribution is -2.08. The number of halogens is 1. The predicted molar refractivity (Wildman–Crippen MR) is 77.3 cm³/mol. The largest absolute Gasteiger partial charge is 0.476 e. The summed E-state index contributed by atoms with van der Waals surface area (Å²) in [5, 5.41) is 9.22. The van der Waals surface area contributed by atoms with Crippen LogP contribution in [0.2, 0.25) is 0 Å². The minimum Gasteiger partial charge on any atom is -0.476 e. The van der Waals surface area contributed by atoms with Crippen LogP contribution in [0.15, 0.2) is 34.9 Å². The fourth-order valence-electron chi connectivity index (χ4n) is 1.55. The van der Waals surface area contributed by atoms with Crippen molar-refractivity contribution < 1.29 is 14.6 Å². The summed E-state index contributed by atoms with van der Waals surface area (Å²) in [5.74, 6) is 0.0269. The van der Waals surface area contributed by atoms with Gasteiger partial charge in [-0.2, -0.15) is 0 Å². The van der Waals surface area contributed by atoms with Crippen LogP contribution in [-0.4, -0.2) is 21.0 Å². The number of hydrogen-bond acceptors (Lipinski definition) is 4. The lowest BCUT2D eigenvalue weighted by atomic mass is 10.2. The molecule has 0 radical (unpaired) electrons. The number of carboxylic acids is 1. The third-order valence-electron chi connectivity index (χ3n) is 2.52. The van der Waals surface area contributed by atoms with Gasteiger partial charge in [0.15, 0.2) is 11.4 Å². The maximum atomic E-state index is 11.3. The summed E-state index contributed by atoms with van der Waals surface area (Å²) in [4.78, 5) is 19.4. The number of nitrogens with zero attached hydrogens (tertiary/aromatic N) is 2. The van der Waals surface area contributed by atoms with E-state index in [1.807, 2.05) is 19.9 Å². The molecule has 0 spiro atoms. The molecule has 5 nitrogen and oxygen atoms in total. The molecule has 1 N–H and O–H groups in total. The first-order valence-corrected chi connectivity index (χ1v) is 6.80. The first-order chi connectivity index (χ1) is 9.47. The Morgan fingerprint density at radius 1 is 1.40 bits per heavy atom. The van der Waals surface area contributed by atoms with E-state index in [-0.39, 0.29) is 17.4 Å². The molecule has 6 heteroatoms. The van der Waals surface area contributed by atoms with Gasteiger partial charge in [0, 0.05) is 10.4 Å². The van der Waals surface area contributed by atoms with Gasteiger partial charge in [0.1, 0.15) is 11.6 Å². The van der Waals surface area contributed by atoms with Crippen LogP contribution in [0, 0.1) is 0 Å². The van der Waals surface area contributed by atoms with E-state index in [1.54, 1.807) is 18.2 Å². The number of benzene rings is 1. The van der Waals surface area contributed by atoms with Crippen molar-refractivity contribution in [2.45, 2.75) is 19.8 Å². The first kappa shape index (κ1) is 14.5. The molecule has 0 atom stereocenters. The Kier molecular flexibility index (Phi) is 4.34. The molecule has 20 heavy (non-hydrogen) atoms. The van der Waals surface area contributed by atoms with E-state index in [4.69, 9.17) is 4.74 Å². The Hall–Kier alpha value is -1.95. The molecule has 104 valence electrons. The average molecular weight is 337 g/mol. The molecule has 0 unspecified atom stereocenters. The number of ether oxygens (including phenoxy) is 1. The number of rotatable bonds is 4. The van der Waals surface area contributed by atoms with Gasteiger partial charge in [0.2, 0.25) is 0 Å². The third kappa shape index (κ3) is 3.33. The zero-order valence-corrected chi connectivity index (χ0v) is 12.6. The summed E-state index contributed by atoms with van der Waals surface area (Å²) in [6.07, 6.45) is 1.40. The van der Waals surface area contributed by atoms with Crippen LogP contribution in [0.3, 0.4) is 0 Å². The molecular weight excluding hydrogens is 324 g/mol. The number of hydrogen-bond donors (Lipinski definition) is 1. The van der Waals surface area contributed by atoms with E-state index in [0.717, 1.165) is 4.47 Å². The molecule has 2 rings (SSSR count). The fraction of sp³-hybridized carbons (Fsp3) is 0.214. The summed E-state index contributed by atoms with van der Waals surface area (Å²) in [7, 11) is 0. The lowest BCUT2D eigenvalue weighted by molar-refractivity contribution is 0.0686. The molecule has 1 aromatic heterocycles. The fourth-order valence-corrected chi connectivity index (χ4v) is 1.93. The molecule has 0 aliphatic rings. The van der Waals surface area contributed by atoms with Gasteiger partial charge >= 0.3 is 5.97 Å². The zero-order chi connectivity index (χ0) is 14.7. The van der Waals surface area contributed by atoms with E-state index in [9.17, 15) is 9.90 Å². The number of aromatic nitrogens is 2. The van der Waals surface area contributed by atoms with Crippen LogP contribution in [0.1, 0.15) is 36.1 Å². The average Bonchev–Trinajstić information content (AvgIpc) is 2.38. The second-order valence-electron chi connectivity index (χ2n) is 4.46. The highest BCUT2D eigenvalue weighted by atomic mass is 79.9. The molecule has 0 aliphatic heterocycles. The highest BCUT2D eigenvalue weighted by molar-refractivity contribution is 9.10. The third-order valence-corrected chi connectivity index (χ3v) is 3.01. The van der Waals surface area contributed by atoms with Crippen molar-refractivity contribution in [3.8, 4) is 11.5 Å². The van der Waals surface area contributed by atoms with Gasteiger partial charge in [-0.05, 0) is 18.2 Å². The second kappa shape index (κ2) is 6.00. The van der Waals surface area contributed by atoms with E-state index in [1.165, 1.54) is 6.20 Å². The van der Waals surface area contributed by atoms with Gasteiger partial charge in [-0.25, -0.2) is 14.8 Å². The maximum absolute atomic E-state index is 11.3. The van der Waals surface area contributed by atoms with Crippen molar-refractivity contribution in [3.05, 3.63) is 46.5 Å². The minimum absolute atomic E-state index is 0.0491. The maximum Gasteiger partial charge on any atom is 0.358 e. The second-order valence-corrected chi connectivity index (χ2v) is 5.38. The predicted octanol–water partition coefficient (Wildman–Crippen LogP) is 3.85. The van der Waals surface area contributed by atoms with Crippen molar-refractivity contribution in [2.75, 3.05) is 0 Å². The molecule has 0 aliphatic carbocycles. The van der Waals surface area contributed by atoms with Gasteiger partial charge in [0.05, 0.1) is 6.20 Å². The number of aromatic carboxylic acids is 1. The van der Waals surface area contributed by atoms with Gasteiger partial charge in [-0.1, -0.05) is 35.8 Å². The van der Waals surface area contributed by atoms with Crippen molar-refractivity contribution in [3.63, 3.8) is 0 Å². The van der Waals surface area contributed by atoms with E-state index in [0.29, 0.717) is 11.6 Å². The van der Waals surface area contributed by atoms with Crippen LogP contribution in [0.25, 0.3) is 0 Å². The first-order valence-electron chi connectivity index (χ1n) is 6.01. The normalized spacial score (nSPS) is 10.6. The summed E-state index contributed by atoms with van der Waals surface area (Å²) < 4.78 is 6.39. The molecular formula is C14H13BrN2O3. The monoisotopic (exact) mass is 336 g/mol. The molecule has 1 heterocycles. The summed E-state index contributed by atoms with van der Waals surface area (Å²) in [6.45, 7) is 3.80. The smallest absolute Gasteiger partial charge is 0.358 e. The minimum atomic E-state index is -1.14. The zero-order valence-electron chi connectivity index (χ0n) is 11.0. The van der Waals surface area contributed by atoms with Crippen LogP contribution in [0.5, 0.6) is 11.5 Å². The van der Waals surface area contributed by atoms with Gasteiger partial charge in [-0.15, -0.1) is 0 Å². The van der Waals surface area contributed by atoms with Gasteiger partial charge < -0.3 is 9.84 Å². The van der Waals surface area contributed by atoms with Crippen molar-refractivity contribution >= 4 is 21.9 Å². The van der Waals surface area contributed by atoms with Crippen molar-refractivity contribution in [1.82, 2.24) is 9.97 Å². The highest BCUT2D eigenvalue weighted by Gasteiger charge is 2.17. The number of carbonyl (C=O) groups is 1. The van der Waals surface area contributed by atoms with Crippen LogP contribution in [-0.2, 0) is 0 Å². The summed E-state index contributed by atoms with van der Waals surface area (Å²) in [6, 6.07) is 7.11. The Bertz CT molecular complexity index is 644. The van der Waals surface area contributed by atoms with Crippen LogP contribution >= 0.6 is 15.9 Å². The molecule has 0 saturated heterocycles.